The Morgan fingerprint density at radius 2 is 1.27 bits per heavy atom. The van der Waals surface area contributed by atoms with E-state index in [4.69, 9.17) is 27.6 Å². The SMILES string of the molecule is [2H]c1c([2H])c([2H])c2c(oc3c2c([2H])c([2H])c2c3c3c([2H])c([2H])c([2H])c([2H])c3n2-c2nc(-c3ccc4sc5ccccc5c4c3)nc(-c3cccc4c3sc3ccccc34)n2)c1[2H]. The quantitative estimate of drug-likeness (QED) is 0.183. The molecule has 12 aromatic rings. The smallest absolute Gasteiger partial charge is 0.238 e. The van der Waals surface area contributed by atoms with Gasteiger partial charge < -0.3 is 4.42 Å². The number of aromatic nitrogens is 4. The zero-order valence-corrected chi connectivity index (χ0v) is 28.2. The van der Waals surface area contributed by atoms with Crippen molar-refractivity contribution >= 4 is 107 Å². The number of hydrogen-bond acceptors (Lipinski definition) is 6. The Hall–Kier alpha value is -6.41. The molecule has 5 heterocycles. The van der Waals surface area contributed by atoms with Crippen LogP contribution in [0.3, 0.4) is 0 Å². The maximum absolute atomic E-state index is 9.60. The number of hydrogen-bond donors (Lipinski definition) is 0. The minimum Gasteiger partial charge on any atom is -0.455 e. The molecule has 5 nitrogen and oxygen atoms in total. The average molecular weight is 711 g/mol. The molecule has 0 aliphatic heterocycles. The third kappa shape index (κ3) is 3.94. The Morgan fingerprint density at radius 3 is 2.17 bits per heavy atom. The fourth-order valence-corrected chi connectivity index (χ4v) is 9.57. The summed E-state index contributed by atoms with van der Waals surface area (Å²) in [5, 5.41) is 3.89. The summed E-state index contributed by atoms with van der Waals surface area (Å²) in [4.78, 5) is 15.2. The van der Waals surface area contributed by atoms with Crippen LogP contribution in [-0.4, -0.2) is 19.5 Å². The van der Waals surface area contributed by atoms with Crippen molar-refractivity contribution in [3.8, 4) is 28.7 Å². The number of para-hydroxylation sites is 2. The molecule has 0 saturated carbocycles. The fraction of sp³-hybridized carbons (Fsp3) is 0. The summed E-state index contributed by atoms with van der Waals surface area (Å²) in [6.07, 6.45) is 0. The van der Waals surface area contributed by atoms with Crippen LogP contribution in [0.15, 0.2) is 150 Å². The molecular formula is C45H24N4OS2. The van der Waals surface area contributed by atoms with Crippen molar-refractivity contribution in [2.45, 2.75) is 0 Å². The van der Waals surface area contributed by atoms with Gasteiger partial charge in [-0.25, -0.2) is 4.98 Å². The van der Waals surface area contributed by atoms with E-state index in [0.29, 0.717) is 11.1 Å². The van der Waals surface area contributed by atoms with Gasteiger partial charge in [-0.05, 0) is 60.6 Å². The Balaban J connectivity index is 1.26. The lowest BCUT2D eigenvalue weighted by Crippen LogP contribution is -2.06. The predicted octanol–water partition coefficient (Wildman–Crippen LogP) is 12.9. The lowest BCUT2D eigenvalue weighted by Gasteiger charge is -2.11. The lowest BCUT2D eigenvalue weighted by molar-refractivity contribution is 0.673. The summed E-state index contributed by atoms with van der Waals surface area (Å²) in [6, 6.07) is 23.1. The highest BCUT2D eigenvalue weighted by atomic mass is 32.1. The number of nitrogens with zero attached hydrogens (tertiary/aromatic N) is 4. The highest BCUT2D eigenvalue weighted by Crippen LogP contribution is 2.43. The second kappa shape index (κ2) is 10.6. The standard InChI is InChI=1S/C45H24N4OS2/c1-5-16-34-31(13-1)40-35(22-21-29-26-10-2-6-17-36(26)50-41(29)40)49(34)45-47-43(25-20-23-39-33(24-25)28-12-4-7-18-37(28)51-39)46-44(48-45)32-15-9-14-30-27-11-3-8-19-38(27)52-42(30)32/h1-24H/i1D,2D,5D,6D,10D,13D,16D,17D,21D,22D. The van der Waals surface area contributed by atoms with E-state index in [9.17, 15) is 5.48 Å². The second-order valence-electron chi connectivity index (χ2n) is 12.4. The van der Waals surface area contributed by atoms with Gasteiger partial charge in [-0.15, -0.1) is 22.7 Å². The van der Waals surface area contributed by atoms with Crippen molar-refractivity contribution in [1.82, 2.24) is 19.5 Å². The van der Waals surface area contributed by atoms with Crippen molar-refractivity contribution in [1.29, 1.82) is 0 Å². The van der Waals surface area contributed by atoms with Crippen LogP contribution < -0.4 is 0 Å². The number of rotatable bonds is 3. The van der Waals surface area contributed by atoms with Crippen LogP contribution in [0, 0.1) is 0 Å². The van der Waals surface area contributed by atoms with Crippen LogP contribution in [0.1, 0.15) is 13.7 Å². The monoisotopic (exact) mass is 710 g/mol. The summed E-state index contributed by atoms with van der Waals surface area (Å²) < 4.78 is 101. The number of fused-ring (bicyclic) bond motifs is 13. The molecule has 0 spiro atoms. The summed E-state index contributed by atoms with van der Waals surface area (Å²) in [7, 11) is 0. The molecule has 12 rings (SSSR count). The molecule has 0 amide bonds. The number of benzene rings is 7. The van der Waals surface area contributed by atoms with Gasteiger partial charge in [0.15, 0.2) is 11.6 Å². The minimum absolute atomic E-state index is 0.0114. The molecule has 52 heavy (non-hydrogen) atoms. The molecule has 7 heteroatoms. The van der Waals surface area contributed by atoms with Crippen LogP contribution in [0.25, 0.3) is 113 Å². The van der Waals surface area contributed by atoms with Crippen LogP contribution in [0.4, 0.5) is 0 Å². The predicted molar refractivity (Wildman–Crippen MR) is 218 cm³/mol. The summed E-state index contributed by atoms with van der Waals surface area (Å²) in [5.74, 6) is 0.428. The molecule has 7 aromatic carbocycles. The van der Waals surface area contributed by atoms with Gasteiger partial charge in [-0.3, -0.25) is 4.57 Å². The summed E-state index contributed by atoms with van der Waals surface area (Å²) in [6.45, 7) is 0. The fourth-order valence-electron chi connectivity index (χ4n) is 7.28. The summed E-state index contributed by atoms with van der Waals surface area (Å²) in [5.41, 5.74) is 0.804. The van der Waals surface area contributed by atoms with Crippen molar-refractivity contribution < 1.29 is 18.1 Å². The average Bonchev–Trinajstić information content (AvgIpc) is 4.07. The van der Waals surface area contributed by atoms with Crippen molar-refractivity contribution in [2.75, 3.05) is 0 Å². The maximum Gasteiger partial charge on any atom is 0.238 e. The van der Waals surface area contributed by atoms with Crippen LogP contribution in [-0.2, 0) is 0 Å². The van der Waals surface area contributed by atoms with Gasteiger partial charge in [0.2, 0.25) is 5.95 Å². The van der Waals surface area contributed by atoms with Crippen LogP contribution in [0.5, 0.6) is 0 Å². The highest BCUT2D eigenvalue weighted by Gasteiger charge is 2.22. The first-order valence-corrected chi connectivity index (χ1v) is 18.0. The summed E-state index contributed by atoms with van der Waals surface area (Å²) >= 11 is 3.25. The molecule has 0 N–H and O–H groups in total. The molecule has 0 unspecified atom stereocenters. The first-order valence-electron chi connectivity index (χ1n) is 21.4. The molecule has 242 valence electrons. The molecular weight excluding hydrogens is 677 g/mol. The molecule has 0 aliphatic carbocycles. The van der Waals surface area contributed by atoms with E-state index >= 15 is 0 Å². The Kier molecular flexibility index (Phi) is 4.15. The van der Waals surface area contributed by atoms with E-state index in [1.807, 2.05) is 60.7 Å². The topological polar surface area (TPSA) is 56.7 Å². The third-order valence-electron chi connectivity index (χ3n) is 9.57. The minimum atomic E-state index is -0.554. The highest BCUT2D eigenvalue weighted by molar-refractivity contribution is 7.26. The van der Waals surface area contributed by atoms with Gasteiger partial charge >= 0.3 is 0 Å². The van der Waals surface area contributed by atoms with Crippen LogP contribution in [0.2, 0.25) is 0 Å². The van der Waals surface area contributed by atoms with E-state index in [-0.39, 0.29) is 61.3 Å². The number of furan rings is 1. The van der Waals surface area contributed by atoms with E-state index in [2.05, 4.69) is 24.3 Å². The first-order chi connectivity index (χ1) is 29.9. The Morgan fingerprint density at radius 1 is 0.538 bits per heavy atom. The van der Waals surface area contributed by atoms with E-state index < -0.39 is 60.4 Å². The number of thiophene rings is 2. The molecule has 0 aliphatic rings. The largest absolute Gasteiger partial charge is 0.455 e. The van der Waals surface area contributed by atoms with Crippen molar-refractivity contribution in [3.05, 3.63) is 145 Å². The van der Waals surface area contributed by atoms with E-state index in [0.717, 1.165) is 40.3 Å². The second-order valence-corrected chi connectivity index (χ2v) is 14.6. The van der Waals surface area contributed by atoms with Crippen molar-refractivity contribution in [2.24, 2.45) is 0 Å². The normalized spacial score (nSPS) is 14.9. The van der Waals surface area contributed by atoms with Gasteiger partial charge in [0.05, 0.1) is 30.1 Å². The van der Waals surface area contributed by atoms with Crippen LogP contribution >= 0.6 is 22.7 Å². The maximum atomic E-state index is 9.60. The van der Waals surface area contributed by atoms with E-state index in [1.54, 1.807) is 22.7 Å². The molecule has 0 bridgehead atoms. The Labute approximate surface area is 317 Å². The Bertz CT molecular complexity index is 4020. The zero-order chi connectivity index (χ0) is 42.6. The van der Waals surface area contributed by atoms with Gasteiger partial charge in [-0.2, -0.15) is 9.97 Å². The lowest BCUT2D eigenvalue weighted by atomic mass is 10.1. The molecule has 5 aromatic heterocycles. The van der Waals surface area contributed by atoms with Gasteiger partial charge in [0.25, 0.3) is 0 Å². The molecule has 0 atom stereocenters. The van der Waals surface area contributed by atoms with Gasteiger partial charge in [-0.1, -0.05) is 84.8 Å². The van der Waals surface area contributed by atoms with E-state index in [1.165, 1.54) is 4.57 Å². The molecule has 0 saturated heterocycles. The third-order valence-corrected chi connectivity index (χ3v) is 11.9. The molecule has 0 fully saturated rings. The van der Waals surface area contributed by atoms with Gasteiger partial charge in [0, 0.05) is 67.6 Å². The van der Waals surface area contributed by atoms with Crippen molar-refractivity contribution in [3.63, 3.8) is 0 Å². The zero-order valence-electron chi connectivity index (χ0n) is 36.6. The first kappa shape index (κ1) is 20.4. The van der Waals surface area contributed by atoms with Gasteiger partial charge in [0.1, 0.15) is 11.2 Å². The molecule has 0 radical (unpaired) electrons.